The second-order valence-corrected chi connectivity index (χ2v) is 8.85. The summed E-state index contributed by atoms with van der Waals surface area (Å²) in [6.45, 7) is 0.402. The van der Waals surface area contributed by atoms with Crippen LogP contribution in [0.3, 0.4) is 0 Å². The number of halogens is 1. The molecule has 4 aromatic rings. The first-order chi connectivity index (χ1) is 15.6. The fourth-order valence-electron chi connectivity index (χ4n) is 3.15. The van der Waals surface area contributed by atoms with Crippen molar-refractivity contribution in [2.75, 3.05) is 19.9 Å². The number of thiophene rings is 1. The molecule has 0 radical (unpaired) electrons. The number of hydrogen-bond acceptors (Lipinski definition) is 6. The highest BCUT2D eigenvalue weighted by Gasteiger charge is 2.21. The molecule has 0 aliphatic carbocycles. The zero-order valence-electron chi connectivity index (χ0n) is 17.6. The number of carbonyl (C=O) groups excluding carboxylic acids is 1. The van der Waals surface area contributed by atoms with Crippen LogP contribution in [-0.4, -0.2) is 45.5 Å². The summed E-state index contributed by atoms with van der Waals surface area (Å²) in [5.74, 6) is 1.21. The highest BCUT2D eigenvalue weighted by atomic mass is 32.2. The minimum atomic E-state index is -0.296. The van der Waals surface area contributed by atoms with Crippen LogP contribution in [0.2, 0.25) is 0 Å². The van der Waals surface area contributed by atoms with Gasteiger partial charge in [-0.2, -0.15) is 0 Å². The predicted octanol–water partition coefficient (Wildman–Crippen LogP) is 4.89. The molecule has 6 nitrogen and oxygen atoms in total. The van der Waals surface area contributed by atoms with E-state index in [1.54, 1.807) is 42.5 Å². The summed E-state index contributed by atoms with van der Waals surface area (Å²) in [6, 6.07) is 17.7. The summed E-state index contributed by atoms with van der Waals surface area (Å²) in [7, 11) is 3.35. The second-order valence-electron chi connectivity index (χ2n) is 6.96. The first-order valence-electron chi connectivity index (χ1n) is 9.80. The van der Waals surface area contributed by atoms with Gasteiger partial charge >= 0.3 is 0 Å². The Morgan fingerprint density at radius 2 is 1.91 bits per heavy atom. The number of aromatic nitrogens is 3. The molecule has 0 saturated carbocycles. The molecule has 0 aliphatic heterocycles. The van der Waals surface area contributed by atoms with Gasteiger partial charge in [-0.25, -0.2) is 4.39 Å². The maximum atomic E-state index is 13.1. The monoisotopic (exact) mass is 468 g/mol. The topological polar surface area (TPSA) is 60.2 Å². The molecule has 0 atom stereocenters. The normalized spacial score (nSPS) is 10.8. The number of para-hydroxylation sites is 2. The van der Waals surface area contributed by atoms with Crippen LogP contribution in [0.5, 0.6) is 5.75 Å². The maximum absolute atomic E-state index is 13.1. The first kappa shape index (κ1) is 22.0. The highest BCUT2D eigenvalue weighted by molar-refractivity contribution is 7.99. The molecule has 9 heteroatoms. The lowest BCUT2D eigenvalue weighted by Crippen LogP contribution is -2.27. The van der Waals surface area contributed by atoms with E-state index in [-0.39, 0.29) is 17.5 Å². The van der Waals surface area contributed by atoms with Gasteiger partial charge in [0.1, 0.15) is 11.6 Å². The molecule has 2 heterocycles. The minimum Gasteiger partial charge on any atom is -0.495 e. The minimum absolute atomic E-state index is 0.0634. The van der Waals surface area contributed by atoms with Gasteiger partial charge in [-0.05, 0) is 41.3 Å². The third kappa shape index (κ3) is 4.84. The molecule has 0 N–H and O–H groups in total. The zero-order valence-corrected chi connectivity index (χ0v) is 19.2. The van der Waals surface area contributed by atoms with E-state index in [4.69, 9.17) is 4.74 Å². The largest absolute Gasteiger partial charge is 0.495 e. The second kappa shape index (κ2) is 9.97. The molecule has 32 heavy (non-hydrogen) atoms. The average Bonchev–Trinajstić information content (AvgIpc) is 3.48. The molecular weight excluding hydrogens is 447 g/mol. The lowest BCUT2D eigenvalue weighted by atomic mass is 10.2. The number of hydrogen-bond donors (Lipinski definition) is 0. The average molecular weight is 469 g/mol. The molecule has 164 valence electrons. The molecule has 0 aliphatic rings. The van der Waals surface area contributed by atoms with Crippen molar-refractivity contribution in [1.29, 1.82) is 0 Å². The Labute approximate surface area is 193 Å². The lowest BCUT2D eigenvalue weighted by Gasteiger charge is -2.17. The van der Waals surface area contributed by atoms with Crippen molar-refractivity contribution in [2.45, 2.75) is 11.7 Å². The third-order valence-corrected chi connectivity index (χ3v) is 6.56. The molecule has 0 unspecified atom stereocenters. The Hall–Kier alpha value is -3.17. The van der Waals surface area contributed by atoms with E-state index in [0.29, 0.717) is 23.3 Å². The van der Waals surface area contributed by atoms with Crippen LogP contribution in [0.4, 0.5) is 4.39 Å². The van der Waals surface area contributed by atoms with E-state index in [2.05, 4.69) is 10.2 Å². The molecule has 4 rings (SSSR count). The quantitative estimate of drug-likeness (QED) is 0.345. The van der Waals surface area contributed by atoms with Gasteiger partial charge in [-0.15, -0.1) is 21.5 Å². The van der Waals surface area contributed by atoms with Crippen molar-refractivity contribution in [3.63, 3.8) is 0 Å². The van der Waals surface area contributed by atoms with Gasteiger partial charge < -0.3 is 9.64 Å². The van der Waals surface area contributed by atoms with Crippen LogP contribution in [-0.2, 0) is 11.3 Å². The standard InChI is InChI=1S/C23H21FN4O2S2/c1-27(14-16-9-11-17(24)12-10-16)21(29)15-32-23-26-25-22(20-8-5-13-31-20)28(23)18-6-3-4-7-19(18)30-2/h3-13H,14-15H2,1-2H3. The summed E-state index contributed by atoms with van der Waals surface area (Å²) in [5.41, 5.74) is 1.67. The van der Waals surface area contributed by atoms with E-state index >= 15 is 0 Å². The summed E-state index contributed by atoms with van der Waals surface area (Å²) in [6.07, 6.45) is 0. The Kier molecular flexibility index (Phi) is 6.87. The van der Waals surface area contributed by atoms with Gasteiger partial charge in [0, 0.05) is 13.6 Å². The number of benzene rings is 2. The fraction of sp³-hybridized carbons (Fsp3) is 0.174. The van der Waals surface area contributed by atoms with Crippen LogP contribution >= 0.6 is 23.1 Å². The van der Waals surface area contributed by atoms with E-state index in [0.717, 1.165) is 16.1 Å². The molecule has 2 aromatic carbocycles. The lowest BCUT2D eigenvalue weighted by molar-refractivity contribution is -0.127. The van der Waals surface area contributed by atoms with Gasteiger partial charge in [0.15, 0.2) is 11.0 Å². The van der Waals surface area contributed by atoms with Crippen LogP contribution < -0.4 is 4.74 Å². The molecule has 1 amide bonds. The number of rotatable bonds is 8. The number of nitrogens with zero attached hydrogens (tertiary/aromatic N) is 4. The summed E-state index contributed by atoms with van der Waals surface area (Å²) < 4.78 is 20.6. The van der Waals surface area contributed by atoms with Crippen LogP contribution in [0.25, 0.3) is 16.4 Å². The zero-order chi connectivity index (χ0) is 22.5. The van der Waals surface area contributed by atoms with Crippen LogP contribution in [0, 0.1) is 5.82 Å². The molecule has 0 fully saturated rings. The third-order valence-electron chi connectivity index (χ3n) is 4.78. The SMILES string of the molecule is COc1ccccc1-n1c(SCC(=O)N(C)Cc2ccc(F)cc2)nnc1-c1cccs1. The van der Waals surface area contributed by atoms with E-state index < -0.39 is 0 Å². The van der Waals surface area contributed by atoms with E-state index in [9.17, 15) is 9.18 Å². The number of carbonyl (C=O) groups is 1. The molecular formula is C23H21FN4O2S2. The Bertz CT molecular complexity index is 1190. The smallest absolute Gasteiger partial charge is 0.233 e. The fourth-order valence-corrected chi connectivity index (χ4v) is 4.73. The Morgan fingerprint density at radius 1 is 1.12 bits per heavy atom. The van der Waals surface area contributed by atoms with E-state index in [1.165, 1.54) is 23.9 Å². The van der Waals surface area contributed by atoms with Crippen molar-refractivity contribution < 1.29 is 13.9 Å². The summed E-state index contributed by atoms with van der Waals surface area (Å²) in [5, 5.41) is 11.3. The van der Waals surface area contributed by atoms with Gasteiger partial charge in [0.25, 0.3) is 0 Å². The number of amides is 1. The van der Waals surface area contributed by atoms with Crippen molar-refractivity contribution >= 4 is 29.0 Å². The van der Waals surface area contributed by atoms with Gasteiger partial charge in [0.05, 0.1) is 23.4 Å². The molecule has 0 saturated heterocycles. The van der Waals surface area contributed by atoms with Crippen LogP contribution in [0.1, 0.15) is 5.56 Å². The number of thioether (sulfide) groups is 1. The van der Waals surface area contributed by atoms with Crippen LogP contribution in [0.15, 0.2) is 71.2 Å². The number of methoxy groups -OCH3 is 1. The summed E-state index contributed by atoms with van der Waals surface area (Å²) >= 11 is 2.88. The van der Waals surface area contributed by atoms with Gasteiger partial charge in [0.2, 0.25) is 5.91 Å². The van der Waals surface area contributed by atoms with Gasteiger partial charge in [-0.3, -0.25) is 9.36 Å². The first-order valence-corrected chi connectivity index (χ1v) is 11.7. The molecule has 2 aromatic heterocycles. The Morgan fingerprint density at radius 3 is 2.62 bits per heavy atom. The van der Waals surface area contributed by atoms with Crippen molar-refractivity contribution in [2.24, 2.45) is 0 Å². The van der Waals surface area contributed by atoms with Crippen molar-refractivity contribution in [3.05, 3.63) is 77.4 Å². The highest BCUT2D eigenvalue weighted by Crippen LogP contribution is 2.34. The van der Waals surface area contributed by atoms with Gasteiger partial charge in [-0.1, -0.05) is 42.1 Å². The summed E-state index contributed by atoms with van der Waals surface area (Å²) in [4.78, 5) is 15.3. The maximum Gasteiger partial charge on any atom is 0.233 e. The predicted molar refractivity (Wildman–Crippen MR) is 125 cm³/mol. The Balaban J connectivity index is 1.56. The molecule has 0 spiro atoms. The van der Waals surface area contributed by atoms with Crippen molar-refractivity contribution in [1.82, 2.24) is 19.7 Å². The number of ether oxygens (including phenoxy) is 1. The van der Waals surface area contributed by atoms with E-state index in [1.807, 2.05) is 46.3 Å². The van der Waals surface area contributed by atoms with Crippen molar-refractivity contribution in [3.8, 4) is 22.1 Å². The molecule has 0 bridgehead atoms.